The maximum absolute atomic E-state index is 11.6. The van der Waals surface area contributed by atoms with Crippen LogP contribution in [0.1, 0.15) is 52.4 Å². The maximum atomic E-state index is 11.6. The molecule has 0 unspecified atom stereocenters. The summed E-state index contributed by atoms with van der Waals surface area (Å²) in [6, 6.07) is 0. The van der Waals surface area contributed by atoms with Crippen LogP contribution in [0.3, 0.4) is 0 Å². The van der Waals surface area contributed by atoms with Crippen molar-refractivity contribution in [1.29, 1.82) is 0 Å². The van der Waals surface area contributed by atoms with Crippen molar-refractivity contribution in [3.8, 4) is 0 Å². The Morgan fingerprint density at radius 3 is 2.47 bits per heavy atom. The number of carbonyl (C=O) groups excluding carboxylic acids is 1. The number of hydrogen-bond acceptors (Lipinski definition) is 2. The van der Waals surface area contributed by atoms with Crippen LogP contribution >= 0.6 is 0 Å². The highest BCUT2D eigenvalue weighted by Crippen LogP contribution is 2.25. The lowest BCUT2D eigenvalue weighted by atomic mass is 9.87. The lowest BCUT2D eigenvalue weighted by Crippen LogP contribution is -2.42. The first-order chi connectivity index (χ1) is 8.06. The fourth-order valence-corrected chi connectivity index (χ4v) is 2.60. The van der Waals surface area contributed by atoms with Gasteiger partial charge in [-0.05, 0) is 32.7 Å². The highest BCUT2D eigenvalue weighted by atomic mass is 16.2. The molecular formula is C14H28N2O. The van der Waals surface area contributed by atoms with Gasteiger partial charge < -0.3 is 10.6 Å². The van der Waals surface area contributed by atoms with Gasteiger partial charge in [0, 0.05) is 13.6 Å². The van der Waals surface area contributed by atoms with Crippen LogP contribution in [-0.2, 0) is 4.79 Å². The van der Waals surface area contributed by atoms with E-state index in [-0.39, 0.29) is 11.3 Å². The molecule has 1 amide bonds. The fraction of sp³-hybridized carbons (Fsp3) is 0.929. The molecule has 0 bridgehead atoms. The van der Waals surface area contributed by atoms with E-state index < -0.39 is 0 Å². The van der Waals surface area contributed by atoms with E-state index in [0.29, 0.717) is 0 Å². The van der Waals surface area contributed by atoms with Gasteiger partial charge in [-0.3, -0.25) is 4.79 Å². The van der Waals surface area contributed by atoms with Crippen molar-refractivity contribution in [2.24, 2.45) is 11.3 Å². The molecule has 1 fully saturated rings. The molecule has 1 rings (SSSR count). The molecule has 0 aromatic rings. The van der Waals surface area contributed by atoms with E-state index >= 15 is 0 Å². The summed E-state index contributed by atoms with van der Waals surface area (Å²) >= 11 is 0. The van der Waals surface area contributed by atoms with Gasteiger partial charge in [-0.15, -0.1) is 0 Å². The van der Waals surface area contributed by atoms with Gasteiger partial charge in [0.25, 0.3) is 0 Å². The number of carbonyl (C=O) groups is 1. The molecule has 0 spiro atoms. The molecule has 0 atom stereocenters. The normalized spacial score (nSPS) is 18.1. The summed E-state index contributed by atoms with van der Waals surface area (Å²) in [5.41, 5.74) is -0.304. The van der Waals surface area contributed by atoms with Crippen molar-refractivity contribution in [3.63, 3.8) is 0 Å². The first kappa shape index (κ1) is 14.5. The molecule has 0 radical (unpaired) electrons. The SMILES string of the molecule is CNC(=O)C(C)(C)CNCCC1CCCCC1. The zero-order valence-corrected chi connectivity index (χ0v) is 11.6. The smallest absolute Gasteiger partial charge is 0.226 e. The second-order valence-corrected chi connectivity index (χ2v) is 5.93. The summed E-state index contributed by atoms with van der Waals surface area (Å²) in [5.74, 6) is 1.03. The Bertz CT molecular complexity index is 232. The highest BCUT2D eigenvalue weighted by molar-refractivity contribution is 5.81. The van der Waals surface area contributed by atoms with Crippen LogP contribution in [0.25, 0.3) is 0 Å². The predicted octanol–water partition coefficient (Wildman–Crippen LogP) is 2.32. The monoisotopic (exact) mass is 240 g/mol. The van der Waals surface area contributed by atoms with E-state index in [1.165, 1.54) is 38.5 Å². The first-order valence-corrected chi connectivity index (χ1v) is 6.99. The highest BCUT2D eigenvalue weighted by Gasteiger charge is 2.25. The van der Waals surface area contributed by atoms with Crippen LogP contribution in [0.15, 0.2) is 0 Å². The summed E-state index contributed by atoms with van der Waals surface area (Å²) in [7, 11) is 1.70. The van der Waals surface area contributed by atoms with E-state index in [9.17, 15) is 4.79 Å². The molecule has 3 nitrogen and oxygen atoms in total. The second-order valence-electron chi connectivity index (χ2n) is 5.93. The quantitative estimate of drug-likeness (QED) is 0.700. The molecule has 0 aromatic carbocycles. The summed E-state index contributed by atoms with van der Waals surface area (Å²) in [5, 5.41) is 6.14. The van der Waals surface area contributed by atoms with Crippen LogP contribution in [0, 0.1) is 11.3 Å². The van der Waals surface area contributed by atoms with Crippen molar-refractivity contribution >= 4 is 5.91 Å². The minimum atomic E-state index is -0.304. The van der Waals surface area contributed by atoms with Gasteiger partial charge in [-0.25, -0.2) is 0 Å². The third-order valence-electron chi connectivity index (χ3n) is 3.86. The second kappa shape index (κ2) is 7.00. The van der Waals surface area contributed by atoms with Crippen molar-refractivity contribution < 1.29 is 4.79 Å². The van der Waals surface area contributed by atoms with Crippen molar-refractivity contribution in [2.45, 2.75) is 52.4 Å². The molecule has 0 aromatic heterocycles. The molecule has 17 heavy (non-hydrogen) atoms. The zero-order valence-electron chi connectivity index (χ0n) is 11.6. The fourth-order valence-electron chi connectivity index (χ4n) is 2.60. The molecule has 1 aliphatic carbocycles. The molecule has 1 aliphatic rings. The van der Waals surface area contributed by atoms with Crippen LogP contribution in [0.2, 0.25) is 0 Å². The predicted molar refractivity (Wildman–Crippen MR) is 71.9 cm³/mol. The van der Waals surface area contributed by atoms with Gasteiger partial charge in [-0.1, -0.05) is 32.1 Å². The van der Waals surface area contributed by atoms with E-state index in [4.69, 9.17) is 0 Å². The van der Waals surface area contributed by atoms with Crippen LogP contribution in [0.4, 0.5) is 0 Å². The average molecular weight is 240 g/mol. The largest absolute Gasteiger partial charge is 0.359 e. The Hall–Kier alpha value is -0.570. The molecular weight excluding hydrogens is 212 g/mol. The van der Waals surface area contributed by atoms with Gasteiger partial charge in [0.2, 0.25) is 5.91 Å². The third kappa shape index (κ3) is 5.07. The van der Waals surface area contributed by atoms with Crippen molar-refractivity contribution in [3.05, 3.63) is 0 Å². The molecule has 0 saturated heterocycles. The Labute approximate surface area is 106 Å². The van der Waals surface area contributed by atoms with Gasteiger partial charge in [0.15, 0.2) is 0 Å². The van der Waals surface area contributed by atoms with Crippen molar-refractivity contribution in [1.82, 2.24) is 10.6 Å². The summed E-state index contributed by atoms with van der Waals surface area (Å²) < 4.78 is 0. The van der Waals surface area contributed by atoms with E-state index in [2.05, 4.69) is 10.6 Å². The summed E-state index contributed by atoms with van der Waals surface area (Å²) in [6.45, 7) is 5.78. The van der Waals surface area contributed by atoms with E-state index in [1.54, 1.807) is 7.05 Å². The molecule has 0 aliphatic heterocycles. The Morgan fingerprint density at radius 2 is 1.88 bits per heavy atom. The molecule has 2 N–H and O–H groups in total. The summed E-state index contributed by atoms with van der Waals surface area (Å²) in [4.78, 5) is 11.6. The van der Waals surface area contributed by atoms with Crippen LogP contribution in [0.5, 0.6) is 0 Å². The lowest BCUT2D eigenvalue weighted by Gasteiger charge is -2.25. The van der Waals surface area contributed by atoms with E-state index in [0.717, 1.165) is 19.0 Å². The van der Waals surface area contributed by atoms with Crippen LogP contribution in [-0.4, -0.2) is 26.0 Å². The van der Waals surface area contributed by atoms with E-state index in [1.807, 2.05) is 13.8 Å². The number of amides is 1. The minimum absolute atomic E-state index is 0.114. The van der Waals surface area contributed by atoms with Gasteiger partial charge in [0.05, 0.1) is 5.41 Å². The molecule has 3 heteroatoms. The van der Waals surface area contributed by atoms with Gasteiger partial charge in [-0.2, -0.15) is 0 Å². The number of rotatable bonds is 6. The Balaban J connectivity index is 2.12. The maximum Gasteiger partial charge on any atom is 0.226 e. The molecule has 0 heterocycles. The first-order valence-electron chi connectivity index (χ1n) is 6.99. The minimum Gasteiger partial charge on any atom is -0.359 e. The molecule has 1 saturated carbocycles. The topological polar surface area (TPSA) is 41.1 Å². The van der Waals surface area contributed by atoms with Crippen molar-refractivity contribution in [2.75, 3.05) is 20.1 Å². The zero-order chi connectivity index (χ0) is 12.7. The Morgan fingerprint density at radius 1 is 1.24 bits per heavy atom. The molecule has 100 valence electrons. The van der Waals surface area contributed by atoms with Crippen LogP contribution < -0.4 is 10.6 Å². The lowest BCUT2D eigenvalue weighted by molar-refractivity contribution is -0.128. The summed E-state index contributed by atoms with van der Waals surface area (Å²) in [6.07, 6.45) is 8.32. The standard InChI is InChI=1S/C14H28N2O/c1-14(2,13(17)15-3)11-16-10-9-12-7-5-4-6-8-12/h12,16H,4-11H2,1-3H3,(H,15,17). The number of hydrogen-bond donors (Lipinski definition) is 2. The van der Waals surface area contributed by atoms with Gasteiger partial charge >= 0.3 is 0 Å². The Kier molecular flexibility index (Phi) is 5.96. The number of nitrogens with one attached hydrogen (secondary N) is 2. The average Bonchev–Trinajstić information content (AvgIpc) is 2.35. The third-order valence-corrected chi connectivity index (χ3v) is 3.86. The van der Waals surface area contributed by atoms with Gasteiger partial charge in [0.1, 0.15) is 0 Å².